The van der Waals surface area contributed by atoms with Gasteiger partial charge in [0.15, 0.2) is 5.82 Å². The van der Waals surface area contributed by atoms with E-state index in [-0.39, 0.29) is 11.9 Å². The Bertz CT molecular complexity index is 851. The van der Waals surface area contributed by atoms with Crippen LogP contribution in [0, 0.1) is 0 Å². The van der Waals surface area contributed by atoms with Crippen molar-refractivity contribution in [2.75, 3.05) is 18.0 Å². The van der Waals surface area contributed by atoms with E-state index < -0.39 is 0 Å². The largest absolute Gasteiger partial charge is 0.353 e. The molecule has 0 radical (unpaired) electrons. The summed E-state index contributed by atoms with van der Waals surface area (Å²) in [6.07, 6.45) is 8.43. The zero-order chi connectivity index (χ0) is 15.8. The molecule has 1 atom stereocenters. The quantitative estimate of drug-likeness (QED) is 0.786. The molecule has 0 spiro atoms. The van der Waals surface area contributed by atoms with Crippen molar-refractivity contribution in [1.29, 1.82) is 0 Å². The molecular weight excluding hydrogens is 292 g/mol. The summed E-state index contributed by atoms with van der Waals surface area (Å²) in [5, 5.41) is 7.20. The third-order valence-corrected chi connectivity index (χ3v) is 4.20. The number of aryl methyl sites for hydroxylation is 1. The van der Waals surface area contributed by atoms with E-state index in [1.807, 2.05) is 24.7 Å². The lowest BCUT2D eigenvalue weighted by Crippen LogP contribution is -2.37. The molecule has 1 saturated heterocycles. The van der Waals surface area contributed by atoms with Gasteiger partial charge >= 0.3 is 0 Å². The van der Waals surface area contributed by atoms with Gasteiger partial charge in [-0.2, -0.15) is 5.10 Å². The summed E-state index contributed by atoms with van der Waals surface area (Å²) in [6, 6.07) is 5.91. The zero-order valence-corrected chi connectivity index (χ0v) is 12.9. The highest BCUT2D eigenvalue weighted by molar-refractivity contribution is 5.92. The zero-order valence-electron chi connectivity index (χ0n) is 12.9. The maximum absolute atomic E-state index is 12.2. The second-order valence-corrected chi connectivity index (χ2v) is 5.83. The standard InChI is InChI=1S/C16H18N6O/c1-20-8-5-13(19-20)16(23)18-12-4-9-22(11-12)15-14-3-2-7-21(14)10-6-17-15/h2-3,5-8,10,12H,4,9,11H2,1H3,(H,18,23). The van der Waals surface area contributed by atoms with Gasteiger partial charge in [-0.1, -0.05) is 0 Å². The molecule has 1 fully saturated rings. The summed E-state index contributed by atoms with van der Waals surface area (Å²) >= 11 is 0. The first kappa shape index (κ1) is 13.8. The Morgan fingerprint density at radius 2 is 2.22 bits per heavy atom. The molecule has 1 N–H and O–H groups in total. The van der Waals surface area contributed by atoms with Crippen LogP contribution in [0.3, 0.4) is 0 Å². The predicted octanol–water partition coefficient (Wildman–Crippen LogP) is 1.08. The van der Waals surface area contributed by atoms with Gasteiger partial charge in [-0.25, -0.2) is 4.98 Å². The molecule has 3 aromatic rings. The Morgan fingerprint density at radius 3 is 3.04 bits per heavy atom. The summed E-state index contributed by atoms with van der Waals surface area (Å²) in [6.45, 7) is 1.64. The number of fused-ring (bicyclic) bond motifs is 1. The molecule has 1 aliphatic heterocycles. The average Bonchev–Trinajstić information content (AvgIpc) is 3.26. The lowest BCUT2D eigenvalue weighted by Gasteiger charge is -2.18. The number of nitrogens with one attached hydrogen (secondary N) is 1. The normalized spacial score (nSPS) is 17.8. The monoisotopic (exact) mass is 310 g/mol. The lowest BCUT2D eigenvalue weighted by molar-refractivity contribution is 0.0934. The number of hydrogen-bond donors (Lipinski definition) is 1. The number of aromatic nitrogens is 4. The van der Waals surface area contributed by atoms with E-state index in [9.17, 15) is 4.79 Å². The fourth-order valence-corrected chi connectivity index (χ4v) is 3.06. The maximum atomic E-state index is 12.2. The first-order valence-electron chi connectivity index (χ1n) is 7.68. The molecule has 0 saturated carbocycles. The fourth-order valence-electron chi connectivity index (χ4n) is 3.06. The lowest BCUT2D eigenvalue weighted by atomic mass is 10.2. The third-order valence-electron chi connectivity index (χ3n) is 4.20. The summed E-state index contributed by atoms with van der Waals surface area (Å²) in [5.41, 5.74) is 1.54. The minimum absolute atomic E-state index is 0.113. The highest BCUT2D eigenvalue weighted by Crippen LogP contribution is 2.23. The van der Waals surface area contributed by atoms with E-state index in [1.165, 1.54) is 0 Å². The van der Waals surface area contributed by atoms with Crippen LogP contribution >= 0.6 is 0 Å². The topological polar surface area (TPSA) is 67.5 Å². The summed E-state index contributed by atoms with van der Waals surface area (Å²) < 4.78 is 3.69. The Balaban J connectivity index is 1.47. The minimum atomic E-state index is -0.119. The van der Waals surface area contributed by atoms with Crippen LogP contribution in [0.15, 0.2) is 43.0 Å². The number of rotatable bonds is 3. The molecule has 0 bridgehead atoms. The van der Waals surface area contributed by atoms with Gasteiger partial charge in [0.25, 0.3) is 5.91 Å². The first-order chi connectivity index (χ1) is 11.2. The van der Waals surface area contributed by atoms with E-state index in [0.29, 0.717) is 5.69 Å². The number of amides is 1. The van der Waals surface area contributed by atoms with Crippen LogP contribution in [0.25, 0.3) is 5.52 Å². The van der Waals surface area contributed by atoms with E-state index in [2.05, 4.69) is 30.8 Å². The number of nitrogens with zero attached hydrogens (tertiary/aromatic N) is 5. The number of carbonyl (C=O) groups excluding carboxylic acids is 1. The second kappa shape index (κ2) is 5.42. The molecule has 0 aliphatic carbocycles. The summed E-state index contributed by atoms with van der Waals surface area (Å²) in [7, 11) is 1.80. The van der Waals surface area contributed by atoms with Gasteiger partial charge in [0.2, 0.25) is 0 Å². The van der Waals surface area contributed by atoms with Crippen molar-refractivity contribution in [1.82, 2.24) is 24.5 Å². The number of carbonyl (C=O) groups is 1. The van der Waals surface area contributed by atoms with Gasteiger partial charge in [-0.15, -0.1) is 0 Å². The molecule has 1 unspecified atom stereocenters. The third kappa shape index (κ3) is 2.54. The summed E-state index contributed by atoms with van der Waals surface area (Å²) in [4.78, 5) is 18.9. The number of anilines is 1. The fraction of sp³-hybridized carbons (Fsp3) is 0.312. The Hall–Kier alpha value is -2.83. The van der Waals surface area contributed by atoms with Crippen molar-refractivity contribution >= 4 is 17.2 Å². The van der Waals surface area contributed by atoms with Crippen LogP contribution in [0.4, 0.5) is 5.82 Å². The van der Waals surface area contributed by atoms with Crippen molar-refractivity contribution < 1.29 is 4.79 Å². The molecule has 1 aliphatic rings. The van der Waals surface area contributed by atoms with Gasteiger partial charge in [0, 0.05) is 51.0 Å². The second-order valence-electron chi connectivity index (χ2n) is 5.83. The van der Waals surface area contributed by atoms with Crippen LogP contribution in [0.2, 0.25) is 0 Å². The molecule has 4 rings (SSSR count). The first-order valence-corrected chi connectivity index (χ1v) is 7.68. The molecule has 0 aromatic carbocycles. The highest BCUT2D eigenvalue weighted by Gasteiger charge is 2.26. The van der Waals surface area contributed by atoms with Crippen molar-refractivity contribution in [2.24, 2.45) is 7.05 Å². The molecule has 7 nitrogen and oxygen atoms in total. The average molecular weight is 310 g/mol. The van der Waals surface area contributed by atoms with Crippen LogP contribution in [-0.2, 0) is 7.05 Å². The molecule has 118 valence electrons. The van der Waals surface area contributed by atoms with Gasteiger partial charge in [-0.3, -0.25) is 9.48 Å². The maximum Gasteiger partial charge on any atom is 0.272 e. The molecule has 1 amide bonds. The van der Waals surface area contributed by atoms with Crippen LogP contribution < -0.4 is 10.2 Å². The Labute approximate surface area is 133 Å². The van der Waals surface area contributed by atoms with Crippen molar-refractivity contribution in [3.63, 3.8) is 0 Å². The van der Waals surface area contributed by atoms with Gasteiger partial charge < -0.3 is 14.6 Å². The smallest absolute Gasteiger partial charge is 0.272 e. The van der Waals surface area contributed by atoms with Crippen LogP contribution in [0.1, 0.15) is 16.9 Å². The van der Waals surface area contributed by atoms with Gasteiger partial charge in [0.1, 0.15) is 5.69 Å². The van der Waals surface area contributed by atoms with E-state index in [1.54, 1.807) is 24.0 Å². The predicted molar refractivity (Wildman–Crippen MR) is 86.5 cm³/mol. The molecule has 4 heterocycles. The summed E-state index contributed by atoms with van der Waals surface area (Å²) in [5.74, 6) is 0.846. The van der Waals surface area contributed by atoms with E-state index >= 15 is 0 Å². The van der Waals surface area contributed by atoms with Gasteiger partial charge in [0.05, 0.1) is 5.52 Å². The SMILES string of the molecule is Cn1ccc(C(=O)NC2CCN(c3nccn4cccc34)C2)n1. The van der Waals surface area contributed by atoms with Crippen LogP contribution in [-0.4, -0.2) is 44.2 Å². The van der Waals surface area contributed by atoms with Crippen LogP contribution in [0.5, 0.6) is 0 Å². The van der Waals surface area contributed by atoms with E-state index in [0.717, 1.165) is 30.8 Å². The van der Waals surface area contributed by atoms with E-state index in [4.69, 9.17) is 0 Å². The minimum Gasteiger partial charge on any atom is -0.353 e. The van der Waals surface area contributed by atoms with Crippen molar-refractivity contribution in [3.05, 3.63) is 48.7 Å². The van der Waals surface area contributed by atoms with Crippen molar-refractivity contribution in [3.8, 4) is 0 Å². The molecular formula is C16H18N6O. The molecule has 23 heavy (non-hydrogen) atoms. The molecule has 3 aromatic heterocycles. The Kier molecular flexibility index (Phi) is 3.25. The molecule has 7 heteroatoms. The van der Waals surface area contributed by atoms with Gasteiger partial charge in [-0.05, 0) is 24.6 Å². The highest BCUT2D eigenvalue weighted by atomic mass is 16.2. The number of hydrogen-bond acceptors (Lipinski definition) is 4. The van der Waals surface area contributed by atoms with Crippen molar-refractivity contribution in [2.45, 2.75) is 12.5 Å². The Morgan fingerprint density at radius 1 is 1.30 bits per heavy atom.